The zero-order valence-corrected chi connectivity index (χ0v) is 18.0. The highest BCUT2D eigenvalue weighted by Gasteiger charge is 2.15. The smallest absolute Gasteiger partial charge is 0.257 e. The van der Waals surface area contributed by atoms with Crippen molar-refractivity contribution in [1.82, 2.24) is 9.71 Å². The van der Waals surface area contributed by atoms with Gasteiger partial charge in [-0.15, -0.1) is 11.3 Å². The number of hydrogen-bond donors (Lipinski definition) is 2. The molecule has 0 unspecified atom stereocenters. The van der Waals surface area contributed by atoms with Crippen LogP contribution in [0, 0.1) is 11.3 Å². The van der Waals surface area contributed by atoms with Crippen molar-refractivity contribution in [3.63, 3.8) is 0 Å². The van der Waals surface area contributed by atoms with E-state index in [2.05, 4.69) is 15.0 Å². The van der Waals surface area contributed by atoms with Crippen LogP contribution in [0.25, 0.3) is 0 Å². The minimum Gasteiger partial charge on any atom is -0.298 e. The molecule has 2 aromatic carbocycles. The summed E-state index contributed by atoms with van der Waals surface area (Å²) in [6, 6.07) is 14.9. The molecule has 3 aromatic rings. The summed E-state index contributed by atoms with van der Waals surface area (Å²) in [4.78, 5) is 17.6. The molecule has 0 spiro atoms. The lowest BCUT2D eigenvalue weighted by Crippen LogP contribution is -2.24. The van der Waals surface area contributed by atoms with Gasteiger partial charge in [-0.1, -0.05) is 29.8 Å². The standard InChI is InChI=1S/C20H17ClN4O3S2/c21-18-5-2-1-4-15(18)12-16-13-23-20(29-16)25-19(26)14-6-8-17(9-7-14)30(27,28)24-11-3-10-22/h1-2,4-9,13,24H,3,11-12H2,(H,23,25,26). The Bertz CT molecular complexity index is 1190. The number of benzene rings is 2. The Morgan fingerprint density at radius 3 is 2.60 bits per heavy atom. The van der Waals surface area contributed by atoms with E-state index in [0.717, 1.165) is 10.4 Å². The number of nitriles is 1. The van der Waals surface area contributed by atoms with E-state index in [0.29, 0.717) is 22.1 Å². The number of rotatable bonds is 8. The Morgan fingerprint density at radius 2 is 1.90 bits per heavy atom. The van der Waals surface area contributed by atoms with Crippen molar-refractivity contribution in [3.05, 3.63) is 75.8 Å². The third-order valence-corrected chi connectivity index (χ3v) is 6.81. The number of thiazole rings is 1. The Kier molecular flexibility index (Phi) is 7.18. The molecule has 0 aliphatic rings. The second-order valence-electron chi connectivity index (χ2n) is 6.18. The van der Waals surface area contributed by atoms with Gasteiger partial charge < -0.3 is 0 Å². The molecule has 2 N–H and O–H groups in total. The maximum Gasteiger partial charge on any atom is 0.257 e. The predicted octanol–water partition coefficient (Wildman–Crippen LogP) is 3.83. The average molecular weight is 461 g/mol. The number of hydrogen-bond acceptors (Lipinski definition) is 6. The van der Waals surface area contributed by atoms with Crippen molar-refractivity contribution >= 4 is 44.0 Å². The Labute approximate surface area is 183 Å². The second-order valence-corrected chi connectivity index (χ2v) is 9.47. The highest BCUT2D eigenvalue weighted by Crippen LogP contribution is 2.25. The third-order valence-electron chi connectivity index (χ3n) is 4.05. The molecule has 0 fully saturated rings. The van der Waals surface area contributed by atoms with E-state index < -0.39 is 15.9 Å². The van der Waals surface area contributed by atoms with Crippen molar-refractivity contribution in [2.24, 2.45) is 0 Å². The van der Waals surface area contributed by atoms with Gasteiger partial charge in [-0.25, -0.2) is 18.1 Å². The highest BCUT2D eigenvalue weighted by molar-refractivity contribution is 7.89. The molecule has 0 bridgehead atoms. The second kappa shape index (κ2) is 9.82. The summed E-state index contributed by atoms with van der Waals surface area (Å²) in [7, 11) is -3.72. The van der Waals surface area contributed by atoms with E-state index in [1.165, 1.54) is 35.6 Å². The maximum atomic E-state index is 12.4. The van der Waals surface area contributed by atoms with Crippen LogP contribution >= 0.6 is 22.9 Å². The molecule has 0 aliphatic heterocycles. The quantitative estimate of drug-likeness (QED) is 0.496. The summed E-state index contributed by atoms with van der Waals surface area (Å²) in [5.41, 5.74) is 1.27. The number of amides is 1. The van der Waals surface area contributed by atoms with Gasteiger partial charge in [0, 0.05) is 41.0 Å². The normalized spacial score (nSPS) is 11.1. The summed E-state index contributed by atoms with van der Waals surface area (Å²) in [5, 5.41) is 12.3. The van der Waals surface area contributed by atoms with E-state index in [1.807, 2.05) is 30.3 Å². The fraction of sp³-hybridized carbons (Fsp3) is 0.150. The summed E-state index contributed by atoms with van der Waals surface area (Å²) >= 11 is 7.52. The van der Waals surface area contributed by atoms with Crippen LogP contribution in [0.4, 0.5) is 5.13 Å². The maximum absolute atomic E-state index is 12.4. The molecule has 10 heteroatoms. The van der Waals surface area contributed by atoms with Gasteiger partial charge in [0.05, 0.1) is 11.0 Å². The first kappa shape index (κ1) is 21.9. The summed E-state index contributed by atoms with van der Waals surface area (Å²) in [6.07, 6.45) is 2.37. The van der Waals surface area contributed by atoms with E-state index in [1.54, 1.807) is 6.20 Å². The number of carbonyl (C=O) groups excluding carboxylic acids is 1. The van der Waals surface area contributed by atoms with Crippen LogP contribution in [0.1, 0.15) is 27.2 Å². The lowest BCUT2D eigenvalue weighted by Gasteiger charge is -2.06. The van der Waals surface area contributed by atoms with Crippen molar-refractivity contribution in [3.8, 4) is 6.07 Å². The lowest BCUT2D eigenvalue weighted by molar-refractivity contribution is 0.102. The fourth-order valence-corrected chi connectivity index (χ4v) is 4.62. The van der Waals surface area contributed by atoms with Crippen LogP contribution in [0.15, 0.2) is 59.6 Å². The molecule has 1 aromatic heterocycles. The van der Waals surface area contributed by atoms with Crippen molar-refractivity contribution in [1.29, 1.82) is 5.26 Å². The molecule has 1 amide bonds. The Balaban J connectivity index is 1.63. The van der Waals surface area contributed by atoms with E-state index in [-0.39, 0.29) is 17.9 Å². The minimum absolute atomic E-state index is 0.0215. The van der Waals surface area contributed by atoms with E-state index >= 15 is 0 Å². The number of carbonyl (C=O) groups is 1. The molecular formula is C20H17ClN4O3S2. The molecule has 3 rings (SSSR count). The summed E-state index contributed by atoms with van der Waals surface area (Å²) in [6.45, 7) is 0.0294. The summed E-state index contributed by atoms with van der Waals surface area (Å²) < 4.78 is 26.6. The van der Waals surface area contributed by atoms with Crippen LogP contribution in [0.2, 0.25) is 5.02 Å². The highest BCUT2D eigenvalue weighted by atomic mass is 35.5. The number of nitrogens with zero attached hydrogens (tertiary/aromatic N) is 2. The molecule has 30 heavy (non-hydrogen) atoms. The monoisotopic (exact) mass is 460 g/mol. The fourth-order valence-electron chi connectivity index (χ4n) is 2.56. The van der Waals surface area contributed by atoms with Crippen LogP contribution in [-0.2, 0) is 16.4 Å². The van der Waals surface area contributed by atoms with Gasteiger partial charge in [0.25, 0.3) is 5.91 Å². The average Bonchev–Trinajstić information content (AvgIpc) is 3.17. The molecule has 0 saturated carbocycles. The van der Waals surface area contributed by atoms with Gasteiger partial charge in [-0.2, -0.15) is 5.26 Å². The van der Waals surface area contributed by atoms with Crippen molar-refractivity contribution in [2.75, 3.05) is 11.9 Å². The number of sulfonamides is 1. The largest absolute Gasteiger partial charge is 0.298 e. The van der Waals surface area contributed by atoms with Crippen LogP contribution in [0.3, 0.4) is 0 Å². The lowest BCUT2D eigenvalue weighted by atomic mass is 10.1. The van der Waals surface area contributed by atoms with Crippen molar-refractivity contribution < 1.29 is 13.2 Å². The zero-order chi connectivity index (χ0) is 21.6. The molecule has 1 heterocycles. The molecular weight excluding hydrogens is 444 g/mol. The van der Waals surface area contributed by atoms with E-state index in [4.69, 9.17) is 16.9 Å². The first-order chi connectivity index (χ1) is 14.4. The molecule has 0 saturated heterocycles. The van der Waals surface area contributed by atoms with Crippen LogP contribution in [-0.4, -0.2) is 25.9 Å². The van der Waals surface area contributed by atoms with Crippen LogP contribution in [0.5, 0.6) is 0 Å². The topological polar surface area (TPSA) is 112 Å². The van der Waals surface area contributed by atoms with E-state index in [9.17, 15) is 13.2 Å². The number of anilines is 1. The molecule has 7 nitrogen and oxygen atoms in total. The van der Waals surface area contributed by atoms with Crippen LogP contribution < -0.4 is 10.0 Å². The van der Waals surface area contributed by atoms with Gasteiger partial charge in [0.2, 0.25) is 10.0 Å². The van der Waals surface area contributed by atoms with Gasteiger partial charge in [-0.3, -0.25) is 10.1 Å². The summed E-state index contributed by atoms with van der Waals surface area (Å²) in [5.74, 6) is -0.393. The molecule has 0 atom stereocenters. The third kappa shape index (κ3) is 5.64. The number of halogens is 1. The molecule has 0 radical (unpaired) electrons. The molecule has 154 valence electrons. The van der Waals surface area contributed by atoms with Gasteiger partial charge in [0.15, 0.2) is 5.13 Å². The Morgan fingerprint density at radius 1 is 1.17 bits per heavy atom. The first-order valence-electron chi connectivity index (χ1n) is 8.85. The number of nitrogens with one attached hydrogen (secondary N) is 2. The van der Waals surface area contributed by atoms with Crippen molar-refractivity contribution in [2.45, 2.75) is 17.7 Å². The Hall–Kier alpha value is -2.77. The number of aromatic nitrogens is 1. The molecule has 0 aliphatic carbocycles. The SMILES string of the molecule is N#CCCNS(=O)(=O)c1ccc(C(=O)Nc2ncc(Cc3ccccc3Cl)s2)cc1. The van der Waals surface area contributed by atoms with Gasteiger partial charge in [-0.05, 0) is 35.9 Å². The minimum atomic E-state index is -3.72. The van der Waals surface area contributed by atoms with Gasteiger partial charge in [0.1, 0.15) is 0 Å². The van der Waals surface area contributed by atoms with Gasteiger partial charge >= 0.3 is 0 Å². The first-order valence-corrected chi connectivity index (χ1v) is 11.5. The zero-order valence-electron chi connectivity index (χ0n) is 15.6. The predicted molar refractivity (Wildman–Crippen MR) is 116 cm³/mol.